The number of nitriles is 1. The lowest BCUT2D eigenvalue weighted by molar-refractivity contribution is -0.137. The highest BCUT2D eigenvalue weighted by atomic mass is 16.4. The Morgan fingerprint density at radius 1 is 1.50 bits per heavy atom. The van der Waals surface area contributed by atoms with E-state index in [1.807, 2.05) is 27.7 Å². The Morgan fingerprint density at radius 2 is 2.10 bits per heavy atom. The van der Waals surface area contributed by atoms with Gasteiger partial charge < -0.3 is 10.4 Å². The first-order valence-electron chi connectivity index (χ1n) is 6.52. The molecule has 5 heteroatoms. The van der Waals surface area contributed by atoms with Crippen LogP contribution in [0.5, 0.6) is 0 Å². The Bertz CT molecular complexity index is 553. The van der Waals surface area contributed by atoms with E-state index in [2.05, 4.69) is 16.4 Å². The number of aliphatic carboxylic acids is 1. The van der Waals surface area contributed by atoms with Gasteiger partial charge in [-0.15, -0.1) is 0 Å². The van der Waals surface area contributed by atoms with Crippen LogP contribution in [0.3, 0.4) is 0 Å². The lowest BCUT2D eigenvalue weighted by atomic mass is 9.84. The molecule has 0 spiro atoms. The molecule has 1 aromatic heterocycles. The van der Waals surface area contributed by atoms with Crippen LogP contribution in [0.1, 0.15) is 44.1 Å². The summed E-state index contributed by atoms with van der Waals surface area (Å²) >= 11 is 0. The molecule has 1 unspecified atom stereocenters. The number of hydrogen-bond donors (Lipinski definition) is 2. The van der Waals surface area contributed by atoms with Crippen LogP contribution in [-0.2, 0) is 4.79 Å². The van der Waals surface area contributed by atoms with Crippen LogP contribution >= 0.6 is 0 Å². The van der Waals surface area contributed by atoms with E-state index in [1.165, 1.54) is 0 Å². The fraction of sp³-hybridized carbons (Fsp3) is 0.533. The predicted molar refractivity (Wildman–Crippen MR) is 77.5 cm³/mol. The van der Waals surface area contributed by atoms with E-state index in [0.29, 0.717) is 16.9 Å². The minimum Gasteiger partial charge on any atom is -0.481 e. The summed E-state index contributed by atoms with van der Waals surface area (Å²) in [6, 6.07) is 3.64. The third-order valence-corrected chi connectivity index (χ3v) is 3.19. The first kappa shape index (κ1) is 16.0. The van der Waals surface area contributed by atoms with Gasteiger partial charge in [-0.1, -0.05) is 20.8 Å². The summed E-state index contributed by atoms with van der Waals surface area (Å²) in [4.78, 5) is 15.3. The molecule has 0 amide bonds. The van der Waals surface area contributed by atoms with Crippen LogP contribution in [0, 0.1) is 30.6 Å². The third kappa shape index (κ3) is 3.95. The van der Waals surface area contributed by atoms with E-state index in [-0.39, 0.29) is 17.9 Å². The van der Waals surface area contributed by atoms with Crippen molar-refractivity contribution in [2.24, 2.45) is 5.41 Å². The highest BCUT2D eigenvalue weighted by Crippen LogP contribution is 2.28. The van der Waals surface area contributed by atoms with E-state index in [1.54, 1.807) is 13.0 Å². The number of nitrogens with one attached hydrogen (secondary N) is 1. The van der Waals surface area contributed by atoms with E-state index in [0.717, 1.165) is 5.69 Å². The number of carboxylic acids is 1. The molecule has 20 heavy (non-hydrogen) atoms. The zero-order valence-corrected chi connectivity index (χ0v) is 12.6. The van der Waals surface area contributed by atoms with Crippen molar-refractivity contribution in [1.82, 2.24) is 4.98 Å². The van der Waals surface area contributed by atoms with Gasteiger partial charge in [0.05, 0.1) is 23.4 Å². The van der Waals surface area contributed by atoms with E-state index >= 15 is 0 Å². The summed E-state index contributed by atoms with van der Waals surface area (Å²) in [7, 11) is 0. The van der Waals surface area contributed by atoms with Gasteiger partial charge >= 0.3 is 5.97 Å². The van der Waals surface area contributed by atoms with E-state index in [4.69, 9.17) is 5.11 Å². The van der Waals surface area contributed by atoms with Gasteiger partial charge in [-0.05, 0) is 25.3 Å². The molecule has 1 atom stereocenters. The fourth-order valence-corrected chi connectivity index (χ4v) is 2.02. The van der Waals surface area contributed by atoms with Crippen molar-refractivity contribution in [1.29, 1.82) is 5.26 Å². The number of aryl methyl sites for hydroxylation is 2. The molecule has 5 nitrogen and oxygen atoms in total. The normalized spacial score (nSPS) is 12.6. The standard InChI is InChI=1S/C15H21N3O2/c1-9-6-12(11(8-16)10(2)17-9)18-13(7-14(19)20)15(3,4)5/h6,13H,7H2,1-5H3,(H,17,18)(H,19,20). The van der Waals surface area contributed by atoms with Gasteiger partial charge in [0.25, 0.3) is 0 Å². The second-order valence-corrected chi connectivity index (χ2v) is 6.04. The summed E-state index contributed by atoms with van der Waals surface area (Å²) in [6.45, 7) is 9.55. The largest absolute Gasteiger partial charge is 0.481 e. The number of nitrogens with zero attached hydrogens (tertiary/aromatic N) is 2. The Hall–Kier alpha value is -2.09. The second-order valence-electron chi connectivity index (χ2n) is 6.04. The van der Waals surface area contributed by atoms with E-state index < -0.39 is 5.97 Å². The number of pyridine rings is 1. The molecular weight excluding hydrogens is 254 g/mol. The Balaban J connectivity index is 3.18. The Morgan fingerprint density at radius 3 is 2.55 bits per heavy atom. The number of carbonyl (C=O) groups is 1. The average Bonchev–Trinajstić information content (AvgIpc) is 2.25. The molecule has 0 saturated carbocycles. The van der Waals surface area contributed by atoms with Gasteiger partial charge in [-0.25, -0.2) is 0 Å². The number of rotatable bonds is 4. The predicted octanol–water partition coefficient (Wildman–Crippen LogP) is 2.87. The fourth-order valence-electron chi connectivity index (χ4n) is 2.02. The molecule has 0 saturated heterocycles. The van der Waals surface area contributed by atoms with Crippen molar-refractivity contribution in [3.05, 3.63) is 23.0 Å². The summed E-state index contributed by atoms with van der Waals surface area (Å²) < 4.78 is 0. The van der Waals surface area contributed by atoms with Crippen molar-refractivity contribution in [3.63, 3.8) is 0 Å². The maximum Gasteiger partial charge on any atom is 0.305 e. The molecule has 108 valence electrons. The molecule has 0 radical (unpaired) electrons. The highest BCUT2D eigenvalue weighted by molar-refractivity contribution is 5.69. The van der Waals surface area contributed by atoms with Crippen molar-refractivity contribution in [2.45, 2.75) is 47.1 Å². The molecule has 2 N–H and O–H groups in total. The first-order chi connectivity index (χ1) is 9.15. The van der Waals surface area contributed by atoms with E-state index in [9.17, 15) is 10.1 Å². The van der Waals surface area contributed by atoms with Crippen LogP contribution in [0.4, 0.5) is 5.69 Å². The minimum atomic E-state index is -0.863. The molecule has 0 bridgehead atoms. The van der Waals surface area contributed by atoms with Crippen LogP contribution in [0.25, 0.3) is 0 Å². The lowest BCUT2D eigenvalue weighted by Gasteiger charge is -2.31. The van der Waals surface area contributed by atoms with Crippen molar-refractivity contribution < 1.29 is 9.90 Å². The van der Waals surface area contributed by atoms with Crippen molar-refractivity contribution in [2.75, 3.05) is 5.32 Å². The molecule has 0 aromatic carbocycles. The maximum absolute atomic E-state index is 11.0. The number of anilines is 1. The topological polar surface area (TPSA) is 86.0 Å². The zero-order chi connectivity index (χ0) is 15.5. The van der Waals surface area contributed by atoms with Gasteiger partial charge in [0.15, 0.2) is 0 Å². The molecular formula is C15H21N3O2. The van der Waals surface area contributed by atoms with Crippen LogP contribution in [0.15, 0.2) is 6.07 Å². The third-order valence-electron chi connectivity index (χ3n) is 3.19. The molecule has 1 aromatic rings. The van der Waals surface area contributed by atoms with Gasteiger partial charge in [0.2, 0.25) is 0 Å². The molecule has 0 aliphatic carbocycles. The van der Waals surface area contributed by atoms with Crippen molar-refractivity contribution in [3.8, 4) is 6.07 Å². The Labute approximate surface area is 119 Å². The van der Waals surface area contributed by atoms with Crippen LogP contribution in [0.2, 0.25) is 0 Å². The summed E-state index contributed by atoms with van der Waals surface area (Å²) in [6.07, 6.45) is -0.00517. The molecule has 0 fully saturated rings. The summed E-state index contributed by atoms with van der Waals surface area (Å²) in [5.41, 5.74) is 2.33. The SMILES string of the molecule is Cc1cc(NC(CC(=O)O)C(C)(C)C)c(C#N)c(C)n1. The summed E-state index contributed by atoms with van der Waals surface area (Å²) in [5.74, 6) is -0.863. The number of aromatic nitrogens is 1. The monoisotopic (exact) mass is 275 g/mol. The molecule has 0 aliphatic rings. The minimum absolute atomic E-state index is 0.00517. The summed E-state index contributed by atoms with van der Waals surface area (Å²) in [5, 5.41) is 21.5. The first-order valence-corrected chi connectivity index (χ1v) is 6.52. The Kier molecular flexibility index (Phi) is 4.72. The maximum atomic E-state index is 11.0. The van der Waals surface area contributed by atoms with Crippen LogP contribution < -0.4 is 5.32 Å². The number of hydrogen-bond acceptors (Lipinski definition) is 4. The van der Waals surface area contributed by atoms with Crippen LogP contribution in [-0.4, -0.2) is 22.1 Å². The molecule has 1 heterocycles. The quantitative estimate of drug-likeness (QED) is 0.882. The molecule has 1 rings (SSSR count). The smallest absolute Gasteiger partial charge is 0.305 e. The average molecular weight is 275 g/mol. The zero-order valence-electron chi connectivity index (χ0n) is 12.6. The highest BCUT2D eigenvalue weighted by Gasteiger charge is 2.27. The lowest BCUT2D eigenvalue weighted by Crippen LogP contribution is -2.36. The van der Waals surface area contributed by atoms with Gasteiger partial charge in [-0.2, -0.15) is 5.26 Å². The second kappa shape index (κ2) is 5.91. The van der Waals surface area contributed by atoms with Gasteiger partial charge in [0.1, 0.15) is 6.07 Å². The van der Waals surface area contributed by atoms with Gasteiger partial charge in [-0.3, -0.25) is 9.78 Å². The molecule has 0 aliphatic heterocycles. The number of carboxylic acid groups (broad SMARTS) is 1. The van der Waals surface area contributed by atoms with Crippen molar-refractivity contribution >= 4 is 11.7 Å². The van der Waals surface area contributed by atoms with Gasteiger partial charge in [0, 0.05) is 11.7 Å².